The van der Waals surface area contributed by atoms with Crippen LogP contribution in [0.1, 0.15) is 71.6 Å². The maximum absolute atomic E-state index is 11.5. The number of esters is 1. The molecule has 0 rings (SSSR count). The minimum atomic E-state index is -0.141. The van der Waals surface area contributed by atoms with Crippen LogP contribution in [0.4, 0.5) is 0 Å². The summed E-state index contributed by atoms with van der Waals surface area (Å²) < 4.78 is 37.8. The molecule has 0 aliphatic carbocycles. The van der Waals surface area contributed by atoms with Gasteiger partial charge in [0.1, 0.15) is 6.61 Å². The summed E-state index contributed by atoms with van der Waals surface area (Å²) >= 11 is 0. The van der Waals surface area contributed by atoms with Gasteiger partial charge in [0.25, 0.3) is 0 Å². The number of carbonyl (C=O) groups excluding carboxylic acids is 1. The van der Waals surface area contributed by atoms with Crippen LogP contribution in [0.3, 0.4) is 0 Å². The quantitative estimate of drug-likeness (QED) is 0.122. The Kier molecular flexibility index (Phi) is 28.6. The molecule has 0 aromatic rings. The Morgan fingerprint density at radius 2 is 0.788 bits per heavy atom. The third kappa shape index (κ3) is 29.2. The van der Waals surface area contributed by atoms with Crippen LogP contribution in [0, 0.1) is 0 Å². The second kappa shape index (κ2) is 29.3. The Hall–Kier alpha value is -0.770. The van der Waals surface area contributed by atoms with Crippen molar-refractivity contribution in [3.8, 4) is 0 Å². The summed E-state index contributed by atoms with van der Waals surface area (Å²) in [7, 11) is 0. The van der Waals surface area contributed by atoms with Crippen molar-refractivity contribution in [2.75, 3.05) is 85.9 Å². The lowest BCUT2D eigenvalue weighted by molar-refractivity contribution is -0.145. The van der Waals surface area contributed by atoms with Crippen molar-refractivity contribution in [3.63, 3.8) is 0 Å². The van der Waals surface area contributed by atoms with Crippen molar-refractivity contribution in [1.29, 1.82) is 0 Å². The summed E-state index contributed by atoms with van der Waals surface area (Å²) in [6.07, 6.45) is 9.72. The molecule has 0 unspecified atom stereocenters. The van der Waals surface area contributed by atoms with E-state index in [0.717, 1.165) is 32.3 Å². The van der Waals surface area contributed by atoms with Crippen molar-refractivity contribution in [1.82, 2.24) is 0 Å². The summed E-state index contributed by atoms with van der Waals surface area (Å²) in [6.45, 7) is 11.3. The van der Waals surface area contributed by atoms with Gasteiger partial charge in [-0.2, -0.15) is 0 Å². The third-order valence-electron chi connectivity index (χ3n) is 4.73. The number of hydrogen-bond acceptors (Lipinski definition) is 8. The predicted molar refractivity (Wildman–Crippen MR) is 129 cm³/mol. The highest BCUT2D eigenvalue weighted by Crippen LogP contribution is 2.03. The first-order valence-corrected chi connectivity index (χ1v) is 12.9. The zero-order valence-corrected chi connectivity index (χ0v) is 21.3. The molecule has 0 atom stereocenters. The molecule has 0 aromatic heterocycles. The van der Waals surface area contributed by atoms with E-state index in [2.05, 4.69) is 13.8 Å². The van der Waals surface area contributed by atoms with Crippen molar-refractivity contribution < 1.29 is 38.0 Å². The van der Waals surface area contributed by atoms with E-state index in [9.17, 15) is 4.79 Å². The summed E-state index contributed by atoms with van der Waals surface area (Å²) in [5.74, 6) is -0.141. The molecule has 8 heteroatoms. The first kappa shape index (κ1) is 32.2. The maximum atomic E-state index is 11.5. The molecular weight excluding hydrogens is 428 g/mol. The monoisotopic (exact) mass is 478 g/mol. The highest BCUT2D eigenvalue weighted by atomic mass is 16.6. The van der Waals surface area contributed by atoms with Gasteiger partial charge >= 0.3 is 5.97 Å². The van der Waals surface area contributed by atoms with Gasteiger partial charge in [-0.3, -0.25) is 4.79 Å². The fourth-order valence-corrected chi connectivity index (χ4v) is 2.82. The lowest BCUT2D eigenvalue weighted by Gasteiger charge is -2.08. The fourth-order valence-electron chi connectivity index (χ4n) is 2.82. The number of ether oxygens (including phenoxy) is 7. The van der Waals surface area contributed by atoms with Gasteiger partial charge in [0.15, 0.2) is 0 Å². The van der Waals surface area contributed by atoms with Crippen LogP contribution in [0.15, 0.2) is 0 Å². The normalized spacial score (nSPS) is 11.2. The van der Waals surface area contributed by atoms with E-state index in [1.165, 1.54) is 25.7 Å². The van der Waals surface area contributed by atoms with Gasteiger partial charge in [0, 0.05) is 13.0 Å². The van der Waals surface area contributed by atoms with Gasteiger partial charge in [-0.1, -0.05) is 52.4 Å². The topological polar surface area (TPSA) is 81.7 Å². The van der Waals surface area contributed by atoms with Crippen LogP contribution in [0.5, 0.6) is 0 Å². The van der Waals surface area contributed by atoms with E-state index >= 15 is 0 Å². The fraction of sp³-hybridized carbons (Fsp3) is 0.960. The standard InChI is InChI=1S/C25H50O8/c1-3-5-7-9-11-25(26)33-24-23-32-22-21-31-20-19-30-18-17-29-16-15-28-14-13-27-12-10-8-6-4-2/h3-24H2,1-2H3. The highest BCUT2D eigenvalue weighted by molar-refractivity contribution is 5.69. The Labute approximate surface area is 201 Å². The molecule has 0 aromatic carbocycles. The average molecular weight is 479 g/mol. The molecule has 0 spiro atoms. The van der Waals surface area contributed by atoms with E-state index in [0.29, 0.717) is 85.7 Å². The van der Waals surface area contributed by atoms with Gasteiger partial charge < -0.3 is 33.2 Å². The van der Waals surface area contributed by atoms with Crippen molar-refractivity contribution in [3.05, 3.63) is 0 Å². The lowest BCUT2D eigenvalue weighted by atomic mass is 10.2. The molecule has 0 fully saturated rings. The molecule has 33 heavy (non-hydrogen) atoms. The predicted octanol–water partition coefficient (Wildman–Crippen LogP) is 4.18. The molecular formula is C25H50O8. The molecule has 0 saturated carbocycles. The molecule has 0 amide bonds. The molecule has 0 aliphatic rings. The molecule has 0 saturated heterocycles. The van der Waals surface area contributed by atoms with Gasteiger partial charge in [0.05, 0.1) is 72.7 Å². The van der Waals surface area contributed by atoms with E-state index in [1.54, 1.807) is 0 Å². The van der Waals surface area contributed by atoms with Gasteiger partial charge in [0.2, 0.25) is 0 Å². The van der Waals surface area contributed by atoms with Gasteiger partial charge in [-0.05, 0) is 12.8 Å². The Morgan fingerprint density at radius 3 is 1.21 bits per heavy atom. The first-order valence-electron chi connectivity index (χ1n) is 12.9. The lowest BCUT2D eigenvalue weighted by Crippen LogP contribution is -2.15. The second-order valence-electron chi connectivity index (χ2n) is 7.77. The zero-order chi connectivity index (χ0) is 24.1. The van der Waals surface area contributed by atoms with Crippen LogP contribution >= 0.6 is 0 Å². The Morgan fingerprint density at radius 1 is 0.424 bits per heavy atom. The molecule has 0 aliphatic heterocycles. The third-order valence-corrected chi connectivity index (χ3v) is 4.73. The number of carbonyl (C=O) groups is 1. The van der Waals surface area contributed by atoms with E-state index in [4.69, 9.17) is 33.2 Å². The summed E-state index contributed by atoms with van der Waals surface area (Å²) in [6, 6.07) is 0. The Balaban J connectivity index is 3.07. The van der Waals surface area contributed by atoms with E-state index in [1.807, 2.05) is 0 Å². The largest absolute Gasteiger partial charge is 0.463 e. The van der Waals surface area contributed by atoms with E-state index in [-0.39, 0.29) is 5.97 Å². The highest BCUT2D eigenvalue weighted by Gasteiger charge is 2.02. The molecule has 0 N–H and O–H groups in total. The van der Waals surface area contributed by atoms with Crippen LogP contribution in [0.25, 0.3) is 0 Å². The molecule has 0 bridgehead atoms. The smallest absolute Gasteiger partial charge is 0.305 e. The molecule has 0 heterocycles. The Bertz CT molecular complexity index is 381. The second-order valence-corrected chi connectivity index (χ2v) is 7.77. The van der Waals surface area contributed by atoms with Crippen molar-refractivity contribution >= 4 is 5.97 Å². The van der Waals surface area contributed by atoms with E-state index < -0.39 is 0 Å². The molecule has 198 valence electrons. The minimum absolute atomic E-state index is 0.141. The minimum Gasteiger partial charge on any atom is -0.463 e. The number of hydrogen-bond donors (Lipinski definition) is 0. The summed E-state index contributed by atoms with van der Waals surface area (Å²) in [5.41, 5.74) is 0. The number of unbranched alkanes of at least 4 members (excludes halogenated alkanes) is 6. The SMILES string of the molecule is CCCCCCOCCOCCOCCOCCOCCOCCOC(=O)CCCCCC. The zero-order valence-electron chi connectivity index (χ0n) is 21.3. The number of rotatable bonds is 28. The average Bonchev–Trinajstić information content (AvgIpc) is 2.82. The van der Waals surface area contributed by atoms with Gasteiger partial charge in [-0.15, -0.1) is 0 Å². The summed E-state index contributed by atoms with van der Waals surface area (Å²) in [4.78, 5) is 11.5. The van der Waals surface area contributed by atoms with Crippen molar-refractivity contribution in [2.45, 2.75) is 71.6 Å². The maximum Gasteiger partial charge on any atom is 0.305 e. The van der Waals surface area contributed by atoms with Crippen LogP contribution in [-0.2, 0) is 38.0 Å². The molecule has 8 nitrogen and oxygen atoms in total. The first-order chi connectivity index (χ1) is 16.3. The van der Waals surface area contributed by atoms with Crippen LogP contribution < -0.4 is 0 Å². The molecule has 0 radical (unpaired) electrons. The van der Waals surface area contributed by atoms with Crippen LogP contribution in [-0.4, -0.2) is 91.9 Å². The van der Waals surface area contributed by atoms with Crippen molar-refractivity contribution in [2.24, 2.45) is 0 Å². The van der Waals surface area contributed by atoms with Gasteiger partial charge in [-0.25, -0.2) is 0 Å². The summed E-state index contributed by atoms with van der Waals surface area (Å²) in [5, 5.41) is 0. The van der Waals surface area contributed by atoms with Crippen LogP contribution in [0.2, 0.25) is 0 Å².